The van der Waals surface area contributed by atoms with Crippen molar-refractivity contribution in [2.24, 2.45) is 0 Å². The van der Waals surface area contributed by atoms with E-state index < -0.39 is 55.0 Å². The van der Waals surface area contributed by atoms with Crippen molar-refractivity contribution >= 4 is 11.9 Å². The molecule has 1 aliphatic rings. The second kappa shape index (κ2) is 9.64. The minimum Gasteiger partial charge on any atom is -0.480 e. The van der Waals surface area contributed by atoms with E-state index >= 15 is 0 Å². The Morgan fingerprint density at radius 3 is 2.54 bits per heavy atom. The summed E-state index contributed by atoms with van der Waals surface area (Å²) in [6.45, 7) is 0.691. The molecular formula is C19H23NO8. The summed E-state index contributed by atoms with van der Waals surface area (Å²) in [5.41, 5.74) is 1.13. The molecule has 9 heteroatoms. The second-order valence-electron chi connectivity index (χ2n) is 6.51. The number of aliphatic carboxylic acids is 1. The lowest BCUT2D eigenvalue weighted by Crippen LogP contribution is -2.58. The molecule has 6 atom stereocenters. The van der Waals surface area contributed by atoms with Crippen molar-refractivity contribution < 1.29 is 39.9 Å². The van der Waals surface area contributed by atoms with Gasteiger partial charge in [-0.05, 0) is 17.7 Å². The second-order valence-corrected chi connectivity index (χ2v) is 6.51. The molecule has 6 N–H and O–H groups in total. The molecule has 28 heavy (non-hydrogen) atoms. The summed E-state index contributed by atoms with van der Waals surface area (Å²) in [4.78, 5) is 22.4. The fourth-order valence-electron chi connectivity index (χ4n) is 2.83. The zero-order chi connectivity index (χ0) is 20.8. The standard InChI is InChI=1S/C19H23NO8/c1-10(22)20-13(19(26)27)8-12-4-2-3-11(7-12)5-6-14-16(23)18(25)17(24)15(9-21)28-14/h2-4,7,13-18,21,23-25H,8-9H2,1H3,(H,20,22)(H,26,27)/t13-,14-,15+,16-,17-,18+/m0/s1. The molecule has 1 saturated heterocycles. The highest BCUT2D eigenvalue weighted by Gasteiger charge is 2.42. The first-order valence-electron chi connectivity index (χ1n) is 8.63. The number of hydrogen-bond donors (Lipinski definition) is 6. The number of aliphatic hydroxyl groups excluding tert-OH is 4. The summed E-state index contributed by atoms with van der Waals surface area (Å²) in [6, 6.07) is 5.57. The third kappa shape index (κ3) is 5.51. The van der Waals surface area contributed by atoms with E-state index in [0.29, 0.717) is 11.1 Å². The number of benzene rings is 1. The molecule has 1 amide bonds. The Morgan fingerprint density at radius 1 is 1.21 bits per heavy atom. The number of carboxylic acids is 1. The average molecular weight is 393 g/mol. The van der Waals surface area contributed by atoms with Gasteiger partial charge in [0.1, 0.15) is 36.6 Å². The zero-order valence-electron chi connectivity index (χ0n) is 15.1. The van der Waals surface area contributed by atoms with E-state index in [-0.39, 0.29) is 6.42 Å². The van der Waals surface area contributed by atoms with Crippen LogP contribution >= 0.6 is 0 Å². The summed E-state index contributed by atoms with van der Waals surface area (Å²) in [7, 11) is 0. The number of nitrogens with one attached hydrogen (secondary N) is 1. The Balaban J connectivity index is 2.15. The van der Waals surface area contributed by atoms with Gasteiger partial charge in [0.15, 0.2) is 0 Å². The molecular weight excluding hydrogens is 370 g/mol. The summed E-state index contributed by atoms with van der Waals surface area (Å²) in [5.74, 6) is 3.80. The van der Waals surface area contributed by atoms with Crippen LogP contribution in [0.1, 0.15) is 18.1 Å². The molecule has 0 bridgehead atoms. The Labute approximate surface area is 161 Å². The Morgan fingerprint density at radius 2 is 1.93 bits per heavy atom. The molecule has 0 radical (unpaired) electrons. The van der Waals surface area contributed by atoms with Crippen LogP contribution in [0.3, 0.4) is 0 Å². The van der Waals surface area contributed by atoms with E-state index in [2.05, 4.69) is 17.2 Å². The van der Waals surface area contributed by atoms with Crippen molar-refractivity contribution in [3.8, 4) is 11.8 Å². The zero-order valence-corrected chi connectivity index (χ0v) is 15.1. The van der Waals surface area contributed by atoms with Crippen LogP contribution in [0.4, 0.5) is 0 Å². The van der Waals surface area contributed by atoms with Gasteiger partial charge >= 0.3 is 5.97 Å². The maximum absolute atomic E-state index is 11.3. The van der Waals surface area contributed by atoms with Gasteiger partial charge in [-0.15, -0.1) is 0 Å². The number of carbonyl (C=O) groups is 2. The number of aliphatic hydroxyl groups is 4. The molecule has 152 valence electrons. The lowest BCUT2D eigenvalue weighted by Gasteiger charge is -2.37. The van der Waals surface area contributed by atoms with Crippen LogP contribution in [0.15, 0.2) is 24.3 Å². The average Bonchev–Trinajstić information content (AvgIpc) is 2.65. The number of hydrogen-bond acceptors (Lipinski definition) is 7. The summed E-state index contributed by atoms with van der Waals surface area (Å²) >= 11 is 0. The van der Waals surface area contributed by atoms with Crippen LogP contribution in [0, 0.1) is 11.8 Å². The van der Waals surface area contributed by atoms with Crippen LogP contribution in [0.5, 0.6) is 0 Å². The van der Waals surface area contributed by atoms with Crippen LogP contribution in [0.25, 0.3) is 0 Å². The predicted molar refractivity (Wildman–Crippen MR) is 96.0 cm³/mol. The molecule has 0 saturated carbocycles. The van der Waals surface area contributed by atoms with Crippen LogP contribution in [-0.4, -0.2) is 80.6 Å². The monoisotopic (exact) mass is 393 g/mol. The third-order valence-electron chi connectivity index (χ3n) is 4.29. The van der Waals surface area contributed by atoms with Crippen LogP contribution in [0.2, 0.25) is 0 Å². The van der Waals surface area contributed by atoms with Gasteiger partial charge in [0.05, 0.1) is 6.61 Å². The maximum atomic E-state index is 11.3. The number of rotatable bonds is 5. The first kappa shape index (κ1) is 21.8. The van der Waals surface area contributed by atoms with Crippen molar-refractivity contribution in [2.45, 2.75) is 49.9 Å². The fourth-order valence-corrected chi connectivity index (χ4v) is 2.83. The highest BCUT2D eigenvalue weighted by atomic mass is 16.5. The maximum Gasteiger partial charge on any atom is 0.326 e. The van der Waals surface area contributed by atoms with Crippen LogP contribution in [-0.2, 0) is 20.7 Å². The largest absolute Gasteiger partial charge is 0.480 e. The summed E-state index contributed by atoms with van der Waals surface area (Å²) in [6.07, 6.45) is -6.52. The molecule has 1 aromatic rings. The van der Waals surface area contributed by atoms with Crippen LogP contribution < -0.4 is 5.32 Å². The first-order chi connectivity index (χ1) is 13.2. The SMILES string of the molecule is CC(=O)N[C@@H](Cc1cccc(C#C[C@@H]2O[C@H](CO)[C@H](O)[C@H](O)[C@H]2O)c1)C(=O)O. The smallest absolute Gasteiger partial charge is 0.326 e. The normalized spacial score (nSPS) is 28.0. The molecule has 0 unspecified atom stereocenters. The molecule has 1 aromatic carbocycles. The van der Waals surface area contributed by atoms with E-state index in [4.69, 9.17) is 4.74 Å². The van der Waals surface area contributed by atoms with Gasteiger partial charge in [0.25, 0.3) is 0 Å². The molecule has 0 aliphatic carbocycles. The number of carboxylic acid groups (broad SMARTS) is 1. The molecule has 9 nitrogen and oxygen atoms in total. The van der Waals surface area contributed by atoms with Crippen molar-refractivity contribution in [3.63, 3.8) is 0 Å². The molecule has 1 heterocycles. The number of amides is 1. The molecule has 2 rings (SSSR count). The quantitative estimate of drug-likeness (QED) is 0.314. The van der Waals surface area contributed by atoms with Gasteiger partial charge in [0, 0.05) is 18.9 Å². The van der Waals surface area contributed by atoms with Gasteiger partial charge in [-0.1, -0.05) is 24.0 Å². The van der Waals surface area contributed by atoms with E-state index in [0.717, 1.165) is 0 Å². The topological polar surface area (TPSA) is 157 Å². The summed E-state index contributed by atoms with van der Waals surface area (Å²) in [5, 5.41) is 50.3. The molecule has 1 aliphatic heterocycles. The van der Waals surface area contributed by atoms with Gasteiger partial charge in [-0.2, -0.15) is 0 Å². The third-order valence-corrected chi connectivity index (χ3v) is 4.29. The Bertz CT molecular complexity index is 769. The van der Waals surface area contributed by atoms with Gasteiger partial charge in [-0.3, -0.25) is 4.79 Å². The Kier molecular flexibility index (Phi) is 7.51. The number of carbonyl (C=O) groups excluding carboxylic acids is 1. The van der Waals surface area contributed by atoms with Crippen molar-refractivity contribution in [1.82, 2.24) is 5.32 Å². The van der Waals surface area contributed by atoms with Gasteiger partial charge in [-0.25, -0.2) is 4.79 Å². The Hall–Kier alpha value is -2.48. The van der Waals surface area contributed by atoms with E-state index in [1.54, 1.807) is 24.3 Å². The lowest BCUT2D eigenvalue weighted by atomic mass is 9.95. The first-order valence-corrected chi connectivity index (χ1v) is 8.63. The molecule has 0 spiro atoms. The minimum absolute atomic E-state index is 0.0600. The minimum atomic E-state index is -1.51. The fraction of sp³-hybridized carbons (Fsp3) is 0.474. The lowest BCUT2D eigenvalue weighted by molar-refractivity contribution is -0.214. The van der Waals surface area contributed by atoms with Crippen molar-refractivity contribution in [1.29, 1.82) is 0 Å². The van der Waals surface area contributed by atoms with E-state index in [1.165, 1.54) is 6.92 Å². The van der Waals surface area contributed by atoms with Crippen molar-refractivity contribution in [3.05, 3.63) is 35.4 Å². The summed E-state index contributed by atoms with van der Waals surface area (Å²) < 4.78 is 5.31. The van der Waals surface area contributed by atoms with E-state index in [9.17, 15) is 35.1 Å². The number of ether oxygens (including phenoxy) is 1. The highest BCUT2D eigenvalue weighted by molar-refractivity contribution is 5.82. The van der Waals surface area contributed by atoms with Crippen molar-refractivity contribution in [2.75, 3.05) is 6.61 Å². The molecule has 0 aromatic heterocycles. The predicted octanol–water partition coefficient (Wildman–Crippen LogP) is -1.99. The highest BCUT2D eigenvalue weighted by Crippen LogP contribution is 2.20. The van der Waals surface area contributed by atoms with Gasteiger partial charge in [0.2, 0.25) is 5.91 Å². The van der Waals surface area contributed by atoms with E-state index in [1.807, 2.05) is 0 Å². The van der Waals surface area contributed by atoms with Gasteiger partial charge < -0.3 is 35.6 Å². The molecule has 1 fully saturated rings.